The fourth-order valence-electron chi connectivity index (χ4n) is 3.31. The van der Waals surface area contributed by atoms with Gasteiger partial charge in [-0.1, -0.05) is 19.1 Å². The normalized spacial score (nSPS) is 18.5. The quantitative estimate of drug-likeness (QED) is 0.842. The first-order valence-corrected chi connectivity index (χ1v) is 9.16. The maximum absolute atomic E-state index is 12.2. The van der Waals surface area contributed by atoms with E-state index in [4.69, 9.17) is 5.11 Å². The van der Waals surface area contributed by atoms with Gasteiger partial charge in [-0.05, 0) is 49.3 Å². The molecule has 24 heavy (non-hydrogen) atoms. The van der Waals surface area contributed by atoms with Crippen LogP contribution in [-0.2, 0) is 6.54 Å². The standard InChI is InChI=1S/C19H29N3O2/c1-15-8-10-21(11-9-15)17-4-2-16(3-5-17)14-20-19(24)22(12-13-23)18-6-7-18/h2-5,15,18,23H,6-14H2,1H3,(H,20,24). The van der Waals surface area contributed by atoms with Crippen LogP contribution in [0.3, 0.4) is 0 Å². The molecule has 1 saturated carbocycles. The van der Waals surface area contributed by atoms with Crippen molar-refractivity contribution < 1.29 is 9.90 Å². The maximum Gasteiger partial charge on any atom is 0.317 e. The van der Waals surface area contributed by atoms with Crippen LogP contribution in [0.2, 0.25) is 0 Å². The van der Waals surface area contributed by atoms with Crippen LogP contribution in [0.5, 0.6) is 0 Å². The van der Waals surface area contributed by atoms with Gasteiger partial charge in [0.15, 0.2) is 0 Å². The smallest absolute Gasteiger partial charge is 0.317 e. The number of rotatable bonds is 6. The Balaban J connectivity index is 1.49. The minimum atomic E-state index is -0.0688. The number of hydrogen-bond acceptors (Lipinski definition) is 3. The van der Waals surface area contributed by atoms with E-state index >= 15 is 0 Å². The van der Waals surface area contributed by atoms with Gasteiger partial charge in [0.2, 0.25) is 0 Å². The number of aliphatic hydroxyl groups excluding tert-OH is 1. The first-order chi connectivity index (χ1) is 11.7. The Kier molecular flexibility index (Phi) is 5.61. The number of carbonyl (C=O) groups is 1. The average Bonchev–Trinajstić information content (AvgIpc) is 3.44. The van der Waals surface area contributed by atoms with Crippen molar-refractivity contribution in [3.8, 4) is 0 Å². The lowest BCUT2D eigenvalue weighted by molar-refractivity contribution is 0.173. The van der Waals surface area contributed by atoms with Gasteiger partial charge in [-0.3, -0.25) is 0 Å². The summed E-state index contributed by atoms with van der Waals surface area (Å²) >= 11 is 0. The van der Waals surface area contributed by atoms with Gasteiger partial charge >= 0.3 is 6.03 Å². The molecule has 1 aliphatic carbocycles. The number of hydrogen-bond donors (Lipinski definition) is 2. The second-order valence-corrected chi connectivity index (χ2v) is 7.14. The van der Waals surface area contributed by atoms with Crippen LogP contribution in [0, 0.1) is 5.92 Å². The highest BCUT2D eigenvalue weighted by molar-refractivity contribution is 5.75. The highest BCUT2D eigenvalue weighted by Gasteiger charge is 2.31. The van der Waals surface area contributed by atoms with Gasteiger partial charge in [0.1, 0.15) is 0 Å². The van der Waals surface area contributed by atoms with Crippen molar-refractivity contribution in [2.45, 2.75) is 45.2 Å². The molecule has 2 N–H and O–H groups in total. The molecule has 132 valence electrons. The van der Waals surface area contributed by atoms with Crippen LogP contribution in [0.15, 0.2) is 24.3 Å². The molecule has 2 amide bonds. The van der Waals surface area contributed by atoms with Gasteiger partial charge in [-0.25, -0.2) is 4.79 Å². The highest BCUT2D eigenvalue weighted by atomic mass is 16.3. The molecule has 2 aliphatic rings. The van der Waals surface area contributed by atoms with Crippen molar-refractivity contribution in [1.82, 2.24) is 10.2 Å². The zero-order valence-corrected chi connectivity index (χ0v) is 14.6. The predicted molar refractivity (Wildman–Crippen MR) is 96.1 cm³/mol. The van der Waals surface area contributed by atoms with Crippen LogP contribution < -0.4 is 10.2 Å². The number of carbonyl (C=O) groups excluding carboxylic acids is 1. The molecule has 1 aromatic carbocycles. The average molecular weight is 331 g/mol. The molecule has 2 fully saturated rings. The fourth-order valence-corrected chi connectivity index (χ4v) is 3.31. The summed E-state index contributed by atoms with van der Waals surface area (Å²) in [5.41, 5.74) is 2.38. The third-order valence-corrected chi connectivity index (χ3v) is 5.12. The lowest BCUT2D eigenvalue weighted by Crippen LogP contribution is -2.42. The van der Waals surface area contributed by atoms with Crippen LogP contribution in [0.4, 0.5) is 10.5 Å². The number of piperidine rings is 1. The van der Waals surface area contributed by atoms with Gasteiger partial charge in [-0.2, -0.15) is 0 Å². The zero-order chi connectivity index (χ0) is 16.9. The summed E-state index contributed by atoms with van der Waals surface area (Å²) in [6, 6.07) is 8.76. The molecule has 0 radical (unpaired) electrons. The zero-order valence-electron chi connectivity index (χ0n) is 14.6. The van der Waals surface area contributed by atoms with Crippen molar-refractivity contribution in [2.24, 2.45) is 5.92 Å². The molecule has 1 saturated heterocycles. The van der Waals surface area contributed by atoms with E-state index < -0.39 is 0 Å². The third-order valence-electron chi connectivity index (χ3n) is 5.12. The highest BCUT2D eigenvalue weighted by Crippen LogP contribution is 2.26. The van der Waals surface area contributed by atoms with E-state index in [1.165, 1.54) is 18.5 Å². The number of nitrogens with zero attached hydrogens (tertiary/aromatic N) is 2. The summed E-state index contributed by atoms with van der Waals surface area (Å²) in [6.45, 7) is 5.56. The van der Waals surface area contributed by atoms with E-state index in [9.17, 15) is 4.79 Å². The Labute approximate surface area is 144 Å². The molecule has 0 bridgehead atoms. The second kappa shape index (κ2) is 7.88. The van der Waals surface area contributed by atoms with E-state index in [-0.39, 0.29) is 12.6 Å². The Morgan fingerprint density at radius 2 is 1.88 bits per heavy atom. The maximum atomic E-state index is 12.2. The van der Waals surface area contributed by atoms with Crippen molar-refractivity contribution in [2.75, 3.05) is 31.1 Å². The van der Waals surface area contributed by atoms with Gasteiger partial charge in [0.25, 0.3) is 0 Å². The molecule has 3 rings (SSSR count). The molecule has 1 aromatic rings. The lowest BCUT2D eigenvalue weighted by Gasteiger charge is -2.32. The van der Waals surface area contributed by atoms with E-state index in [0.717, 1.165) is 37.4 Å². The fraction of sp³-hybridized carbons (Fsp3) is 0.632. The number of anilines is 1. The number of urea groups is 1. The van der Waals surface area contributed by atoms with Crippen molar-refractivity contribution in [1.29, 1.82) is 0 Å². The van der Waals surface area contributed by atoms with Crippen molar-refractivity contribution in [3.05, 3.63) is 29.8 Å². The molecule has 0 atom stereocenters. The number of aliphatic hydroxyl groups is 1. The predicted octanol–water partition coefficient (Wildman–Crippen LogP) is 2.59. The molecule has 0 aromatic heterocycles. The third kappa shape index (κ3) is 4.41. The first kappa shape index (κ1) is 17.1. The van der Waals surface area contributed by atoms with Gasteiger partial charge in [-0.15, -0.1) is 0 Å². The van der Waals surface area contributed by atoms with Crippen molar-refractivity contribution >= 4 is 11.7 Å². The monoisotopic (exact) mass is 331 g/mol. The lowest BCUT2D eigenvalue weighted by atomic mass is 9.99. The Morgan fingerprint density at radius 3 is 2.46 bits per heavy atom. The second-order valence-electron chi connectivity index (χ2n) is 7.14. The van der Waals surface area contributed by atoms with Crippen LogP contribution in [-0.4, -0.2) is 48.3 Å². The SMILES string of the molecule is CC1CCN(c2ccc(CNC(=O)N(CCO)C3CC3)cc2)CC1. The minimum absolute atomic E-state index is 0.0209. The number of benzene rings is 1. The molecule has 5 heteroatoms. The molecular weight excluding hydrogens is 302 g/mol. The first-order valence-electron chi connectivity index (χ1n) is 9.16. The number of amides is 2. The summed E-state index contributed by atoms with van der Waals surface area (Å²) in [7, 11) is 0. The molecular formula is C19H29N3O2. The minimum Gasteiger partial charge on any atom is -0.395 e. The van der Waals surface area contributed by atoms with Crippen LogP contribution >= 0.6 is 0 Å². The topological polar surface area (TPSA) is 55.8 Å². The van der Waals surface area contributed by atoms with E-state index in [2.05, 4.69) is 41.4 Å². The summed E-state index contributed by atoms with van der Waals surface area (Å²) in [6.07, 6.45) is 4.63. The Morgan fingerprint density at radius 1 is 1.21 bits per heavy atom. The summed E-state index contributed by atoms with van der Waals surface area (Å²) in [5.74, 6) is 0.837. The van der Waals surface area contributed by atoms with Gasteiger partial charge < -0.3 is 20.2 Å². The summed E-state index contributed by atoms with van der Waals surface area (Å²) < 4.78 is 0. The van der Waals surface area contributed by atoms with E-state index in [1.807, 2.05) is 0 Å². The largest absolute Gasteiger partial charge is 0.395 e. The molecule has 0 unspecified atom stereocenters. The molecule has 1 aliphatic heterocycles. The van der Waals surface area contributed by atoms with Gasteiger partial charge in [0.05, 0.1) is 6.61 Å². The Bertz CT molecular complexity index is 534. The number of nitrogens with one attached hydrogen (secondary N) is 1. The van der Waals surface area contributed by atoms with E-state index in [0.29, 0.717) is 19.1 Å². The van der Waals surface area contributed by atoms with E-state index in [1.54, 1.807) is 4.90 Å². The van der Waals surface area contributed by atoms with Crippen LogP contribution in [0.1, 0.15) is 38.2 Å². The Hall–Kier alpha value is -1.75. The summed E-state index contributed by atoms with van der Waals surface area (Å²) in [4.78, 5) is 16.4. The van der Waals surface area contributed by atoms with Crippen molar-refractivity contribution in [3.63, 3.8) is 0 Å². The molecule has 1 heterocycles. The summed E-state index contributed by atoms with van der Waals surface area (Å²) in [5, 5.41) is 12.1. The molecule has 5 nitrogen and oxygen atoms in total. The molecule has 0 spiro atoms. The van der Waals surface area contributed by atoms with Gasteiger partial charge in [0, 0.05) is 37.9 Å². The van der Waals surface area contributed by atoms with Crippen LogP contribution in [0.25, 0.3) is 0 Å².